The third kappa shape index (κ3) is 3.35. The Morgan fingerprint density at radius 3 is 2.70 bits per heavy atom. The van der Waals surface area contributed by atoms with E-state index >= 15 is 0 Å². The Labute approximate surface area is 118 Å². The lowest BCUT2D eigenvalue weighted by atomic mass is 9.77. The van der Waals surface area contributed by atoms with Crippen molar-refractivity contribution in [1.29, 1.82) is 0 Å². The molecule has 2 rings (SSSR count). The van der Waals surface area contributed by atoms with Crippen molar-refractivity contribution >= 4 is 11.9 Å². The van der Waals surface area contributed by atoms with E-state index in [4.69, 9.17) is 0 Å². The van der Waals surface area contributed by atoms with Gasteiger partial charge >= 0.3 is 5.97 Å². The van der Waals surface area contributed by atoms with Crippen molar-refractivity contribution in [1.82, 2.24) is 10.3 Å². The van der Waals surface area contributed by atoms with Crippen molar-refractivity contribution in [3.63, 3.8) is 0 Å². The molecule has 0 spiro atoms. The molecule has 20 heavy (non-hydrogen) atoms. The number of amides is 1. The first-order chi connectivity index (χ1) is 9.52. The number of carbonyl (C=O) groups is 2. The van der Waals surface area contributed by atoms with Crippen LogP contribution in [0.25, 0.3) is 0 Å². The van der Waals surface area contributed by atoms with Crippen molar-refractivity contribution in [3.05, 3.63) is 30.1 Å². The maximum atomic E-state index is 12.1. The van der Waals surface area contributed by atoms with Crippen LogP contribution in [0, 0.1) is 5.92 Å². The Morgan fingerprint density at radius 2 is 2.15 bits per heavy atom. The second-order valence-corrected chi connectivity index (χ2v) is 5.66. The number of pyridine rings is 1. The number of hydrogen-bond acceptors (Lipinski definition) is 3. The Morgan fingerprint density at radius 1 is 1.45 bits per heavy atom. The van der Waals surface area contributed by atoms with Gasteiger partial charge in [0.25, 0.3) is 0 Å². The lowest BCUT2D eigenvalue weighted by Gasteiger charge is -2.36. The first-order valence-electron chi connectivity index (χ1n) is 6.95. The molecule has 0 atom stereocenters. The molecule has 5 nitrogen and oxygen atoms in total. The second-order valence-electron chi connectivity index (χ2n) is 5.66. The normalized spacial score (nSPS) is 25.9. The summed E-state index contributed by atoms with van der Waals surface area (Å²) in [5, 5.41) is 12.2. The highest BCUT2D eigenvalue weighted by atomic mass is 16.4. The van der Waals surface area contributed by atoms with E-state index in [-0.39, 0.29) is 12.3 Å². The summed E-state index contributed by atoms with van der Waals surface area (Å²) in [5.74, 6) is -0.656. The van der Waals surface area contributed by atoms with Gasteiger partial charge in [-0.15, -0.1) is 0 Å². The predicted octanol–water partition coefficient (Wildman–Crippen LogP) is 1.77. The summed E-state index contributed by atoms with van der Waals surface area (Å²) in [6, 6.07) is 3.57. The fourth-order valence-electron chi connectivity index (χ4n) is 2.65. The highest BCUT2D eigenvalue weighted by Gasteiger charge is 2.42. The fourth-order valence-corrected chi connectivity index (χ4v) is 2.65. The molecule has 1 aromatic heterocycles. The molecule has 0 saturated heterocycles. The van der Waals surface area contributed by atoms with E-state index in [2.05, 4.69) is 17.2 Å². The molecule has 0 bridgehead atoms. The fraction of sp³-hybridized carbons (Fsp3) is 0.533. The number of nitrogens with zero attached hydrogens (tertiary/aromatic N) is 1. The smallest absolute Gasteiger partial charge is 0.329 e. The molecule has 0 unspecified atom stereocenters. The Bertz CT molecular complexity index is 479. The quantitative estimate of drug-likeness (QED) is 0.878. The highest BCUT2D eigenvalue weighted by Crippen LogP contribution is 2.32. The van der Waals surface area contributed by atoms with Crippen molar-refractivity contribution in [2.45, 2.75) is 44.6 Å². The monoisotopic (exact) mass is 276 g/mol. The van der Waals surface area contributed by atoms with Crippen LogP contribution in [0.15, 0.2) is 24.5 Å². The minimum Gasteiger partial charge on any atom is -0.480 e. The van der Waals surface area contributed by atoms with Gasteiger partial charge in [0, 0.05) is 12.4 Å². The molecule has 1 aliphatic carbocycles. The molecule has 1 amide bonds. The Hall–Kier alpha value is -1.91. The SMILES string of the molecule is CC1CCC(NC(=O)Cc2cccnc2)(C(=O)O)CC1. The molecular weight excluding hydrogens is 256 g/mol. The first kappa shape index (κ1) is 14.5. The summed E-state index contributed by atoms with van der Waals surface area (Å²) in [4.78, 5) is 27.6. The predicted molar refractivity (Wildman–Crippen MR) is 74.1 cm³/mol. The van der Waals surface area contributed by atoms with Gasteiger partial charge in [-0.3, -0.25) is 9.78 Å². The van der Waals surface area contributed by atoms with Crippen LogP contribution in [0.4, 0.5) is 0 Å². The summed E-state index contributed by atoms with van der Waals surface area (Å²) >= 11 is 0. The minimum absolute atomic E-state index is 0.165. The van der Waals surface area contributed by atoms with Gasteiger partial charge < -0.3 is 10.4 Å². The zero-order chi connectivity index (χ0) is 14.6. The summed E-state index contributed by atoms with van der Waals surface area (Å²) < 4.78 is 0. The molecule has 1 heterocycles. The minimum atomic E-state index is -1.09. The van der Waals surface area contributed by atoms with Gasteiger partial charge in [0.1, 0.15) is 5.54 Å². The van der Waals surface area contributed by atoms with Crippen LogP contribution in [-0.2, 0) is 16.0 Å². The third-order valence-corrected chi connectivity index (χ3v) is 4.00. The molecule has 1 aromatic rings. The van der Waals surface area contributed by atoms with Crippen LogP contribution in [0.1, 0.15) is 38.2 Å². The van der Waals surface area contributed by atoms with Crippen LogP contribution < -0.4 is 5.32 Å². The van der Waals surface area contributed by atoms with Crippen LogP contribution in [0.2, 0.25) is 0 Å². The van der Waals surface area contributed by atoms with E-state index in [1.807, 2.05) is 6.07 Å². The number of aromatic nitrogens is 1. The molecular formula is C15H20N2O3. The van der Waals surface area contributed by atoms with E-state index in [1.54, 1.807) is 18.5 Å². The summed E-state index contributed by atoms with van der Waals surface area (Å²) in [6.07, 6.45) is 6.10. The summed E-state index contributed by atoms with van der Waals surface area (Å²) in [7, 11) is 0. The molecule has 108 valence electrons. The van der Waals surface area contributed by atoms with Crippen LogP contribution in [0.5, 0.6) is 0 Å². The average Bonchev–Trinajstić information content (AvgIpc) is 2.42. The Balaban J connectivity index is 2.02. The second kappa shape index (κ2) is 6.03. The number of carboxylic acids is 1. The van der Waals surface area contributed by atoms with E-state index in [1.165, 1.54) is 0 Å². The standard InChI is InChI=1S/C15H20N2O3/c1-11-4-6-15(7-5-11,14(19)20)17-13(18)9-12-3-2-8-16-10-12/h2-3,8,10-11H,4-7,9H2,1H3,(H,17,18)(H,19,20). The molecule has 0 radical (unpaired) electrons. The lowest BCUT2D eigenvalue weighted by Crippen LogP contribution is -2.56. The van der Waals surface area contributed by atoms with Gasteiger partial charge in [0.2, 0.25) is 5.91 Å². The van der Waals surface area contributed by atoms with Gasteiger partial charge in [0.05, 0.1) is 6.42 Å². The first-order valence-corrected chi connectivity index (χ1v) is 6.95. The van der Waals surface area contributed by atoms with E-state index in [0.29, 0.717) is 18.8 Å². The maximum absolute atomic E-state index is 12.1. The van der Waals surface area contributed by atoms with Crippen LogP contribution >= 0.6 is 0 Å². The van der Waals surface area contributed by atoms with Gasteiger partial charge in [0.15, 0.2) is 0 Å². The average molecular weight is 276 g/mol. The third-order valence-electron chi connectivity index (χ3n) is 4.00. The van der Waals surface area contributed by atoms with Gasteiger partial charge in [-0.05, 0) is 43.2 Å². The number of carboxylic acid groups (broad SMARTS) is 1. The number of nitrogens with one attached hydrogen (secondary N) is 1. The molecule has 1 fully saturated rings. The number of rotatable bonds is 4. The number of carbonyl (C=O) groups excluding carboxylic acids is 1. The van der Waals surface area contributed by atoms with Gasteiger partial charge in [-0.2, -0.15) is 0 Å². The lowest BCUT2D eigenvalue weighted by molar-refractivity contribution is -0.149. The van der Waals surface area contributed by atoms with E-state index in [0.717, 1.165) is 18.4 Å². The summed E-state index contributed by atoms with van der Waals surface area (Å²) in [5.41, 5.74) is -0.305. The summed E-state index contributed by atoms with van der Waals surface area (Å²) in [6.45, 7) is 2.11. The van der Waals surface area contributed by atoms with Crippen molar-refractivity contribution in [2.75, 3.05) is 0 Å². The van der Waals surface area contributed by atoms with Crippen molar-refractivity contribution in [2.24, 2.45) is 5.92 Å². The largest absolute Gasteiger partial charge is 0.480 e. The van der Waals surface area contributed by atoms with Crippen LogP contribution in [-0.4, -0.2) is 27.5 Å². The molecule has 0 aromatic carbocycles. The van der Waals surface area contributed by atoms with Crippen LogP contribution in [0.3, 0.4) is 0 Å². The zero-order valence-corrected chi connectivity index (χ0v) is 11.6. The van der Waals surface area contributed by atoms with Crippen molar-refractivity contribution in [3.8, 4) is 0 Å². The number of aliphatic carboxylic acids is 1. The molecule has 1 saturated carbocycles. The zero-order valence-electron chi connectivity index (χ0n) is 11.6. The molecule has 1 aliphatic rings. The molecule has 5 heteroatoms. The van der Waals surface area contributed by atoms with Gasteiger partial charge in [-0.25, -0.2) is 4.79 Å². The highest BCUT2D eigenvalue weighted by molar-refractivity contribution is 5.88. The number of hydrogen-bond donors (Lipinski definition) is 2. The maximum Gasteiger partial charge on any atom is 0.329 e. The topological polar surface area (TPSA) is 79.3 Å². The molecule has 2 N–H and O–H groups in total. The van der Waals surface area contributed by atoms with Crippen molar-refractivity contribution < 1.29 is 14.7 Å². The van der Waals surface area contributed by atoms with E-state index < -0.39 is 11.5 Å². The van der Waals surface area contributed by atoms with E-state index in [9.17, 15) is 14.7 Å². The van der Waals surface area contributed by atoms with Gasteiger partial charge in [-0.1, -0.05) is 13.0 Å². The Kier molecular flexibility index (Phi) is 4.37. The molecule has 0 aliphatic heterocycles.